The van der Waals surface area contributed by atoms with Gasteiger partial charge in [-0.05, 0) is 80.2 Å². The molecule has 0 unspecified atom stereocenters. The second-order valence-corrected chi connectivity index (χ2v) is 10.5. The summed E-state index contributed by atoms with van der Waals surface area (Å²) in [5.41, 5.74) is 1.47. The van der Waals surface area contributed by atoms with Gasteiger partial charge in [-0.2, -0.15) is 0 Å². The topological polar surface area (TPSA) is 140 Å². The number of pyridine rings is 1. The van der Waals surface area contributed by atoms with E-state index in [2.05, 4.69) is 20.9 Å². The molecule has 0 aliphatic carbocycles. The number of ether oxygens (including phenoxy) is 4. The lowest BCUT2D eigenvalue weighted by Gasteiger charge is -2.23. The van der Waals surface area contributed by atoms with E-state index in [4.69, 9.17) is 18.9 Å². The standard InChI is InChI=1S/C33H35FN4O7/c1-42-29-15-20(3-5-26(29)39)9-13-37-32(40)33(41)38-22-4-6-28(24(34)16-22)45-27-10-14-36-25-18-31(30(43-2)17-23(25)27)44-19-21-7-11-35-12-8-21/h3-6,10,14-18,21,35,39H,7-9,11-13,19H2,1-2H3,(H,37,40)(H,38,41). The minimum Gasteiger partial charge on any atom is -0.504 e. The number of phenols is 1. The molecule has 4 aromatic rings. The molecule has 0 saturated carbocycles. The lowest BCUT2D eigenvalue weighted by atomic mass is 9.99. The van der Waals surface area contributed by atoms with Crippen LogP contribution in [0, 0.1) is 11.7 Å². The number of piperidine rings is 1. The first-order valence-corrected chi connectivity index (χ1v) is 14.6. The molecule has 5 rings (SSSR count). The van der Waals surface area contributed by atoms with E-state index < -0.39 is 17.6 Å². The zero-order valence-corrected chi connectivity index (χ0v) is 25.0. The Balaban J connectivity index is 1.20. The van der Waals surface area contributed by atoms with Gasteiger partial charge >= 0.3 is 11.8 Å². The molecule has 12 heteroatoms. The highest BCUT2D eigenvalue weighted by Crippen LogP contribution is 2.38. The van der Waals surface area contributed by atoms with E-state index in [0.29, 0.717) is 52.8 Å². The number of amides is 2. The highest BCUT2D eigenvalue weighted by atomic mass is 19.1. The largest absolute Gasteiger partial charge is 0.504 e. The Kier molecular flexibility index (Phi) is 10.2. The fourth-order valence-corrected chi connectivity index (χ4v) is 4.99. The molecule has 3 aromatic carbocycles. The molecule has 1 saturated heterocycles. The first-order valence-electron chi connectivity index (χ1n) is 14.6. The summed E-state index contributed by atoms with van der Waals surface area (Å²) in [6, 6.07) is 13.8. The van der Waals surface area contributed by atoms with Gasteiger partial charge in [0.15, 0.2) is 34.6 Å². The molecule has 1 aliphatic rings. The summed E-state index contributed by atoms with van der Waals surface area (Å²) < 4.78 is 37.7. The SMILES string of the molecule is COc1cc(CCNC(=O)C(=O)Nc2ccc(Oc3ccnc4cc(OCC5CCNCC5)c(OC)cc34)c(F)c2)ccc1O. The number of anilines is 1. The molecule has 2 amide bonds. The number of phenolic OH excluding ortho intramolecular Hbond substituents is 1. The highest BCUT2D eigenvalue weighted by Gasteiger charge is 2.18. The number of rotatable bonds is 11. The molecule has 1 fully saturated rings. The number of halogens is 1. The predicted molar refractivity (Wildman–Crippen MR) is 166 cm³/mol. The van der Waals surface area contributed by atoms with E-state index in [0.717, 1.165) is 37.6 Å². The van der Waals surface area contributed by atoms with Gasteiger partial charge in [0, 0.05) is 35.9 Å². The highest BCUT2D eigenvalue weighted by molar-refractivity contribution is 6.39. The van der Waals surface area contributed by atoms with Crippen LogP contribution >= 0.6 is 0 Å². The van der Waals surface area contributed by atoms with Crippen LogP contribution in [-0.2, 0) is 16.0 Å². The van der Waals surface area contributed by atoms with Crippen molar-refractivity contribution in [2.75, 3.05) is 45.8 Å². The first-order chi connectivity index (χ1) is 21.8. The van der Waals surface area contributed by atoms with Crippen LogP contribution in [0.1, 0.15) is 18.4 Å². The van der Waals surface area contributed by atoms with E-state index in [-0.39, 0.29) is 23.7 Å². The van der Waals surface area contributed by atoms with Crippen LogP contribution in [0.3, 0.4) is 0 Å². The lowest BCUT2D eigenvalue weighted by molar-refractivity contribution is -0.136. The van der Waals surface area contributed by atoms with Gasteiger partial charge in [0.1, 0.15) is 5.75 Å². The molecule has 0 bridgehead atoms. The van der Waals surface area contributed by atoms with Crippen molar-refractivity contribution in [2.24, 2.45) is 5.92 Å². The Morgan fingerprint density at radius 2 is 1.73 bits per heavy atom. The number of carbonyl (C=O) groups excluding carboxylic acids is 2. The number of methoxy groups -OCH3 is 2. The molecule has 0 radical (unpaired) electrons. The van der Waals surface area contributed by atoms with Gasteiger partial charge in [-0.25, -0.2) is 4.39 Å². The number of fused-ring (bicyclic) bond motifs is 1. The third-order valence-corrected chi connectivity index (χ3v) is 7.48. The number of hydrogen-bond acceptors (Lipinski definition) is 9. The monoisotopic (exact) mass is 618 g/mol. The number of aromatic hydroxyl groups is 1. The van der Waals surface area contributed by atoms with E-state index >= 15 is 4.39 Å². The van der Waals surface area contributed by atoms with E-state index in [1.807, 2.05) is 0 Å². The maximum absolute atomic E-state index is 15.1. The summed E-state index contributed by atoms with van der Waals surface area (Å²) in [5, 5.41) is 18.6. The van der Waals surface area contributed by atoms with Crippen LogP contribution in [0.5, 0.6) is 34.5 Å². The van der Waals surface area contributed by atoms with E-state index in [1.54, 1.807) is 43.6 Å². The second-order valence-electron chi connectivity index (χ2n) is 10.5. The number of hydrogen-bond donors (Lipinski definition) is 4. The minimum atomic E-state index is -0.947. The van der Waals surface area contributed by atoms with E-state index in [1.165, 1.54) is 25.3 Å². The summed E-state index contributed by atoms with van der Waals surface area (Å²) in [7, 11) is 2.99. The van der Waals surface area contributed by atoms with Gasteiger partial charge in [-0.15, -0.1) is 0 Å². The van der Waals surface area contributed by atoms with Crippen molar-refractivity contribution in [3.63, 3.8) is 0 Å². The molecular weight excluding hydrogens is 583 g/mol. The Bertz CT molecular complexity index is 1680. The quantitative estimate of drug-likeness (QED) is 0.178. The van der Waals surface area contributed by atoms with Crippen molar-refractivity contribution in [3.05, 3.63) is 72.2 Å². The Morgan fingerprint density at radius 3 is 2.49 bits per heavy atom. The molecule has 1 aliphatic heterocycles. The van der Waals surface area contributed by atoms with Crippen LogP contribution in [0.4, 0.5) is 10.1 Å². The molecule has 2 heterocycles. The van der Waals surface area contributed by atoms with Crippen LogP contribution in [0.15, 0.2) is 60.8 Å². The fourth-order valence-electron chi connectivity index (χ4n) is 4.99. The maximum Gasteiger partial charge on any atom is 0.313 e. The Morgan fingerprint density at radius 1 is 0.933 bits per heavy atom. The minimum absolute atomic E-state index is 0.00463. The zero-order chi connectivity index (χ0) is 31.8. The predicted octanol–water partition coefficient (Wildman–Crippen LogP) is 4.56. The van der Waals surface area contributed by atoms with Gasteiger partial charge in [-0.1, -0.05) is 6.07 Å². The number of carbonyl (C=O) groups is 2. The number of aromatic nitrogens is 1. The van der Waals surface area contributed by atoms with Crippen molar-refractivity contribution in [2.45, 2.75) is 19.3 Å². The fraction of sp³-hybridized carbons (Fsp3) is 0.303. The Hall–Kier alpha value is -5.10. The zero-order valence-electron chi connectivity index (χ0n) is 25.0. The molecule has 4 N–H and O–H groups in total. The van der Waals surface area contributed by atoms with Crippen molar-refractivity contribution >= 4 is 28.4 Å². The first kappa shape index (κ1) is 31.3. The van der Waals surface area contributed by atoms with Crippen molar-refractivity contribution in [1.82, 2.24) is 15.6 Å². The number of nitrogens with zero attached hydrogens (tertiary/aromatic N) is 1. The maximum atomic E-state index is 15.1. The van der Waals surface area contributed by atoms with Crippen LogP contribution < -0.4 is 34.9 Å². The molecule has 0 atom stereocenters. The summed E-state index contributed by atoms with van der Waals surface area (Å²) in [5.74, 6) is -0.444. The van der Waals surface area contributed by atoms with Crippen molar-refractivity contribution in [1.29, 1.82) is 0 Å². The van der Waals surface area contributed by atoms with Crippen LogP contribution in [0.2, 0.25) is 0 Å². The van der Waals surface area contributed by atoms with Crippen molar-refractivity contribution in [3.8, 4) is 34.5 Å². The van der Waals surface area contributed by atoms with Crippen LogP contribution in [0.25, 0.3) is 10.9 Å². The van der Waals surface area contributed by atoms with E-state index in [9.17, 15) is 14.7 Å². The third-order valence-electron chi connectivity index (χ3n) is 7.48. The summed E-state index contributed by atoms with van der Waals surface area (Å²) >= 11 is 0. The average molecular weight is 619 g/mol. The molecule has 236 valence electrons. The average Bonchev–Trinajstić information content (AvgIpc) is 3.05. The third kappa shape index (κ3) is 7.90. The molecule has 0 spiro atoms. The van der Waals surface area contributed by atoms with Crippen LogP contribution in [-0.4, -0.2) is 62.4 Å². The lowest BCUT2D eigenvalue weighted by Crippen LogP contribution is -2.36. The molecule has 11 nitrogen and oxygen atoms in total. The van der Waals surface area contributed by atoms with Crippen molar-refractivity contribution < 1.29 is 38.0 Å². The normalized spacial score (nSPS) is 13.2. The van der Waals surface area contributed by atoms with Gasteiger partial charge in [0.2, 0.25) is 0 Å². The molecule has 45 heavy (non-hydrogen) atoms. The van der Waals surface area contributed by atoms with Gasteiger partial charge in [0.25, 0.3) is 0 Å². The molecule has 1 aromatic heterocycles. The smallest absolute Gasteiger partial charge is 0.313 e. The Labute approximate surface area is 259 Å². The van der Waals surface area contributed by atoms with Gasteiger partial charge < -0.3 is 40.0 Å². The number of nitrogens with one attached hydrogen (secondary N) is 3. The number of benzene rings is 3. The summed E-state index contributed by atoms with van der Waals surface area (Å²) in [6.45, 7) is 2.69. The molecular formula is C33H35FN4O7. The summed E-state index contributed by atoms with van der Waals surface area (Å²) in [6.07, 6.45) is 4.06. The van der Waals surface area contributed by atoms with Gasteiger partial charge in [0.05, 0.1) is 26.3 Å². The van der Waals surface area contributed by atoms with Gasteiger partial charge in [-0.3, -0.25) is 14.6 Å². The summed E-state index contributed by atoms with van der Waals surface area (Å²) in [4.78, 5) is 29.1. The second kappa shape index (κ2) is 14.6.